The fourth-order valence-electron chi connectivity index (χ4n) is 5.54. The van der Waals surface area contributed by atoms with Gasteiger partial charge in [0, 0.05) is 18.8 Å². The maximum atomic E-state index is 13.2. The van der Waals surface area contributed by atoms with Gasteiger partial charge in [-0.15, -0.1) is 0 Å². The van der Waals surface area contributed by atoms with Crippen molar-refractivity contribution in [1.29, 1.82) is 0 Å². The molecule has 7 nitrogen and oxygen atoms in total. The van der Waals surface area contributed by atoms with Gasteiger partial charge in [-0.2, -0.15) is 0 Å². The van der Waals surface area contributed by atoms with Crippen molar-refractivity contribution in [2.24, 2.45) is 28.6 Å². The number of carbonyl (C=O) groups excluding carboxylic acids is 2. The third kappa shape index (κ3) is 5.28. The summed E-state index contributed by atoms with van der Waals surface area (Å²) in [4.78, 5) is 30.7. The molecule has 0 spiro atoms. The Morgan fingerprint density at radius 3 is 2.56 bits per heavy atom. The monoisotopic (exact) mass is 497 g/mol. The Morgan fingerprint density at radius 1 is 1.11 bits per heavy atom. The molecule has 2 heterocycles. The number of aliphatic hydroxyl groups excluding tert-OH is 2. The zero-order chi connectivity index (χ0) is 26.4. The van der Waals surface area contributed by atoms with Crippen LogP contribution in [0.4, 0.5) is 0 Å². The van der Waals surface area contributed by atoms with Crippen LogP contribution in [0.3, 0.4) is 0 Å². The second-order valence-electron chi connectivity index (χ2n) is 11.8. The standard InChI is InChI=1S/C29H39NO6/c1-16-8-7-11-29(6)15-20(29)13-23(19-9-10-22-21(12-19)30-18(3)35-22)36-25(32)14-24(31)28(4,5)27(34)17(2)26(16)33/h7-10,12,16-17,20,23-24,26,31,33H,11,13-15H2,1-6H3/t16-,17+,20?,23-,24-,26-,29?/m0/s1. The Bertz CT molecular complexity index is 1170. The van der Waals surface area contributed by atoms with Crippen LogP contribution < -0.4 is 0 Å². The van der Waals surface area contributed by atoms with Crippen molar-refractivity contribution in [1.82, 2.24) is 4.98 Å². The third-order valence-corrected chi connectivity index (χ3v) is 8.52. The zero-order valence-electron chi connectivity index (χ0n) is 22.2. The van der Waals surface area contributed by atoms with Crippen LogP contribution in [-0.2, 0) is 14.3 Å². The number of carbonyl (C=O) groups is 2. The first-order chi connectivity index (χ1) is 16.8. The highest BCUT2D eigenvalue weighted by molar-refractivity contribution is 5.88. The predicted molar refractivity (Wildman–Crippen MR) is 136 cm³/mol. The summed E-state index contributed by atoms with van der Waals surface area (Å²) < 4.78 is 11.6. The van der Waals surface area contributed by atoms with Crippen LogP contribution in [-0.4, -0.2) is 39.2 Å². The Hall–Kier alpha value is -2.51. The van der Waals surface area contributed by atoms with E-state index < -0.39 is 35.6 Å². The number of Topliss-reactive ketones (excluding diaryl/α,β-unsaturated/α-hetero) is 1. The highest BCUT2D eigenvalue weighted by atomic mass is 16.5. The van der Waals surface area contributed by atoms with Crippen molar-refractivity contribution < 1.29 is 29.0 Å². The predicted octanol–water partition coefficient (Wildman–Crippen LogP) is 5.08. The van der Waals surface area contributed by atoms with E-state index in [1.165, 1.54) is 0 Å². The molecule has 196 valence electrons. The SMILES string of the molecule is Cc1nc2cc([C@@H]3CC4CC4(C)CC=C[C@H](C)[C@H](O)[C@@H](C)C(=O)C(C)(C)[C@@H](O)CC(=O)O3)ccc2o1. The first kappa shape index (κ1) is 26.6. The maximum Gasteiger partial charge on any atom is 0.309 e. The number of aromatic nitrogens is 1. The van der Waals surface area contributed by atoms with Crippen LogP contribution in [0.1, 0.15) is 77.9 Å². The van der Waals surface area contributed by atoms with E-state index in [4.69, 9.17) is 9.15 Å². The number of hydrogen-bond acceptors (Lipinski definition) is 7. The van der Waals surface area contributed by atoms with Crippen molar-refractivity contribution in [3.8, 4) is 0 Å². The van der Waals surface area contributed by atoms with Gasteiger partial charge in [0.15, 0.2) is 11.5 Å². The lowest BCUT2D eigenvalue weighted by atomic mass is 9.73. The molecule has 1 aliphatic heterocycles. The van der Waals surface area contributed by atoms with Crippen molar-refractivity contribution in [3.63, 3.8) is 0 Å². The number of benzene rings is 1. The summed E-state index contributed by atoms with van der Waals surface area (Å²) in [5, 5.41) is 21.7. The lowest BCUT2D eigenvalue weighted by Gasteiger charge is -2.34. The number of cyclic esters (lactones) is 1. The molecular weight excluding hydrogens is 458 g/mol. The van der Waals surface area contributed by atoms with Gasteiger partial charge < -0.3 is 19.4 Å². The molecule has 7 heteroatoms. The number of ether oxygens (including phenoxy) is 1. The van der Waals surface area contributed by atoms with Crippen LogP contribution in [0.5, 0.6) is 0 Å². The molecule has 0 radical (unpaired) electrons. The van der Waals surface area contributed by atoms with E-state index in [1.54, 1.807) is 27.7 Å². The van der Waals surface area contributed by atoms with E-state index in [2.05, 4.69) is 18.0 Å². The summed E-state index contributed by atoms with van der Waals surface area (Å²) in [5.74, 6) is -0.790. The van der Waals surface area contributed by atoms with Gasteiger partial charge in [0.25, 0.3) is 0 Å². The number of nitrogens with zero attached hydrogens (tertiary/aromatic N) is 1. The van der Waals surface area contributed by atoms with Gasteiger partial charge in [-0.25, -0.2) is 4.98 Å². The second kappa shape index (κ2) is 9.75. The van der Waals surface area contributed by atoms with Gasteiger partial charge >= 0.3 is 5.97 Å². The Balaban J connectivity index is 1.65. The average Bonchev–Trinajstić information content (AvgIpc) is 3.28. The Morgan fingerprint density at radius 2 is 1.83 bits per heavy atom. The Labute approximate surface area is 212 Å². The molecule has 2 aliphatic rings. The highest BCUT2D eigenvalue weighted by Crippen LogP contribution is 2.59. The Kier molecular flexibility index (Phi) is 7.19. The highest BCUT2D eigenvalue weighted by Gasteiger charge is 2.50. The van der Waals surface area contributed by atoms with Gasteiger partial charge in [0.05, 0.1) is 24.0 Å². The quantitative estimate of drug-likeness (QED) is 0.418. The molecule has 1 fully saturated rings. The van der Waals surface area contributed by atoms with Gasteiger partial charge in [-0.3, -0.25) is 9.59 Å². The van der Waals surface area contributed by atoms with Crippen molar-refractivity contribution in [3.05, 3.63) is 41.8 Å². The lowest BCUT2D eigenvalue weighted by molar-refractivity contribution is -0.156. The molecular formula is C29H39NO6. The summed E-state index contributed by atoms with van der Waals surface area (Å²) in [6, 6.07) is 5.64. The van der Waals surface area contributed by atoms with Crippen molar-refractivity contribution in [2.75, 3.05) is 0 Å². The molecule has 1 saturated carbocycles. The fraction of sp³-hybridized carbons (Fsp3) is 0.621. The number of fused-ring (bicyclic) bond motifs is 2. The average molecular weight is 498 g/mol. The molecule has 2 N–H and O–H groups in total. The molecule has 4 rings (SSSR count). The molecule has 0 amide bonds. The van der Waals surface area contributed by atoms with E-state index in [-0.39, 0.29) is 23.5 Å². The van der Waals surface area contributed by atoms with Crippen LogP contribution >= 0.6 is 0 Å². The summed E-state index contributed by atoms with van der Waals surface area (Å²) in [5.41, 5.74) is 1.09. The number of ketones is 1. The fourth-order valence-corrected chi connectivity index (χ4v) is 5.54. The summed E-state index contributed by atoms with van der Waals surface area (Å²) in [6.07, 6.45) is 3.70. The minimum atomic E-state index is -1.24. The van der Waals surface area contributed by atoms with Crippen LogP contribution in [0, 0.1) is 35.5 Å². The first-order valence-electron chi connectivity index (χ1n) is 13.0. The topological polar surface area (TPSA) is 110 Å². The molecule has 1 aromatic heterocycles. The van der Waals surface area contributed by atoms with Gasteiger partial charge in [0.1, 0.15) is 17.4 Å². The number of aliphatic hydroxyl groups is 2. The minimum absolute atomic E-state index is 0.0837. The summed E-state index contributed by atoms with van der Waals surface area (Å²) >= 11 is 0. The van der Waals surface area contributed by atoms with Gasteiger partial charge in [-0.05, 0) is 48.3 Å². The minimum Gasteiger partial charge on any atom is -0.457 e. The molecule has 1 aliphatic carbocycles. The molecule has 2 aromatic rings. The lowest BCUT2D eigenvalue weighted by Crippen LogP contribution is -2.45. The first-order valence-corrected chi connectivity index (χ1v) is 13.0. The number of allylic oxidation sites excluding steroid dienone is 1. The van der Waals surface area contributed by atoms with E-state index in [9.17, 15) is 19.8 Å². The number of esters is 1. The third-order valence-electron chi connectivity index (χ3n) is 8.52. The van der Waals surface area contributed by atoms with Crippen LogP contribution in [0.25, 0.3) is 11.1 Å². The molecule has 1 aromatic carbocycles. The molecule has 0 bridgehead atoms. The number of rotatable bonds is 1. The van der Waals surface area contributed by atoms with Crippen LogP contribution in [0.15, 0.2) is 34.8 Å². The van der Waals surface area contributed by atoms with Gasteiger partial charge in [-0.1, -0.05) is 52.8 Å². The smallest absolute Gasteiger partial charge is 0.309 e. The van der Waals surface area contributed by atoms with E-state index >= 15 is 0 Å². The van der Waals surface area contributed by atoms with E-state index in [1.807, 2.05) is 31.2 Å². The number of oxazole rings is 1. The van der Waals surface area contributed by atoms with Crippen molar-refractivity contribution >= 4 is 22.9 Å². The second-order valence-corrected chi connectivity index (χ2v) is 11.8. The van der Waals surface area contributed by atoms with Gasteiger partial charge in [0.2, 0.25) is 0 Å². The summed E-state index contributed by atoms with van der Waals surface area (Å²) in [7, 11) is 0. The largest absolute Gasteiger partial charge is 0.457 e. The van der Waals surface area contributed by atoms with E-state index in [0.717, 1.165) is 18.4 Å². The van der Waals surface area contributed by atoms with Crippen LogP contribution in [0.2, 0.25) is 0 Å². The molecule has 36 heavy (non-hydrogen) atoms. The molecule has 2 unspecified atom stereocenters. The number of hydrogen-bond donors (Lipinski definition) is 2. The summed E-state index contributed by atoms with van der Waals surface area (Å²) in [6.45, 7) is 10.8. The molecule has 0 saturated heterocycles. The molecule has 7 atom stereocenters. The zero-order valence-corrected chi connectivity index (χ0v) is 22.2. The van der Waals surface area contributed by atoms with E-state index in [0.29, 0.717) is 29.3 Å². The van der Waals surface area contributed by atoms with Crippen molar-refractivity contribution in [2.45, 2.75) is 85.5 Å². The number of aryl methyl sites for hydroxylation is 1. The maximum absolute atomic E-state index is 13.2. The normalized spacial score (nSPS) is 35.9.